The molecule has 0 radical (unpaired) electrons. The summed E-state index contributed by atoms with van der Waals surface area (Å²) in [4.78, 5) is 14.9. The van der Waals surface area contributed by atoms with Gasteiger partial charge in [-0.3, -0.25) is 10.1 Å². The second-order valence-electron chi connectivity index (χ2n) is 4.39. The Morgan fingerprint density at radius 2 is 1.75 bits per heavy atom. The maximum Gasteiger partial charge on any atom is 0.295 e. The first-order chi connectivity index (χ1) is 9.66. The molecule has 5 heteroatoms. The van der Waals surface area contributed by atoms with Crippen LogP contribution in [-0.4, -0.2) is 9.91 Å². The summed E-state index contributed by atoms with van der Waals surface area (Å²) in [7, 11) is 0. The largest absolute Gasteiger partial charge is 0.384 e. The highest BCUT2D eigenvalue weighted by Crippen LogP contribution is 2.33. The van der Waals surface area contributed by atoms with Gasteiger partial charge in [-0.25, -0.2) is 4.98 Å². The van der Waals surface area contributed by atoms with E-state index in [9.17, 15) is 10.1 Å². The van der Waals surface area contributed by atoms with E-state index in [2.05, 4.69) is 4.98 Å². The van der Waals surface area contributed by atoms with Crippen LogP contribution in [0.15, 0.2) is 54.6 Å². The summed E-state index contributed by atoms with van der Waals surface area (Å²) < 4.78 is 0. The minimum absolute atomic E-state index is 0.0458. The molecule has 3 aromatic rings. The van der Waals surface area contributed by atoms with Gasteiger partial charge in [0.2, 0.25) is 0 Å². The van der Waals surface area contributed by atoms with Crippen molar-refractivity contribution in [3.8, 4) is 11.3 Å². The molecule has 0 spiro atoms. The monoisotopic (exact) mass is 265 g/mol. The van der Waals surface area contributed by atoms with Crippen LogP contribution in [0.3, 0.4) is 0 Å². The lowest BCUT2D eigenvalue weighted by molar-refractivity contribution is -0.384. The molecule has 2 aromatic carbocycles. The number of nitro groups is 1. The summed E-state index contributed by atoms with van der Waals surface area (Å²) in [6, 6.07) is 16.1. The Hall–Kier alpha value is -2.95. The molecule has 0 aliphatic heterocycles. The normalized spacial score (nSPS) is 10.6. The van der Waals surface area contributed by atoms with Crippen molar-refractivity contribution < 1.29 is 4.92 Å². The Morgan fingerprint density at radius 1 is 1.00 bits per heavy atom. The standard InChI is InChI=1S/C15H11N3O2/c16-14-9-8-13(18(19)20)15(17-14)12-7-3-5-10-4-1-2-6-11(10)12/h1-9H,(H2,16,17). The lowest BCUT2D eigenvalue weighted by Gasteiger charge is -2.07. The van der Waals surface area contributed by atoms with E-state index in [1.807, 2.05) is 42.5 Å². The average Bonchev–Trinajstić information content (AvgIpc) is 2.46. The van der Waals surface area contributed by atoms with Gasteiger partial charge in [0.1, 0.15) is 5.82 Å². The van der Waals surface area contributed by atoms with Crippen LogP contribution in [0.1, 0.15) is 0 Å². The maximum absolute atomic E-state index is 11.2. The van der Waals surface area contributed by atoms with Crippen molar-refractivity contribution in [1.29, 1.82) is 0 Å². The number of pyridine rings is 1. The molecule has 1 heterocycles. The third-order valence-corrected chi connectivity index (χ3v) is 3.14. The van der Waals surface area contributed by atoms with Crippen molar-refractivity contribution in [1.82, 2.24) is 4.98 Å². The molecule has 20 heavy (non-hydrogen) atoms. The van der Waals surface area contributed by atoms with Crippen molar-refractivity contribution in [2.24, 2.45) is 0 Å². The van der Waals surface area contributed by atoms with E-state index in [0.717, 1.165) is 10.8 Å². The Labute approximate surface area is 114 Å². The van der Waals surface area contributed by atoms with E-state index in [1.54, 1.807) is 0 Å². The fourth-order valence-electron chi connectivity index (χ4n) is 2.24. The van der Waals surface area contributed by atoms with Crippen LogP contribution in [0.5, 0.6) is 0 Å². The highest BCUT2D eigenvalue weighted by Gasteiger charge is 2.18. The molecule has 0 amide bonds. The highest BCUT2D eigenvalue weighted by molar-refractivity contribution is 5.97. The topological polar surface area (TPSA) is 82.0 Å². The molecule has 0 saturated carbocycles. The third kappa shape index (κ3) is 1.95. The van der Waals surface area contributed by atoms with E-state index in [1.165, 1.54) is 12.1 Å². The van der Waals surface area contributed by atoms with Crippen LogP contribution in [0, 0.1) is 10.1 Å². The second kappa shape index (κ2) is 4.62. The molecule has 1 aromatic heterocycles. The molecular weight excluding hydrogens is 254 g/mol. The van der Waals surface area contributed by atoms with Gasteiger partial charge in [-0.15, -0.1) is 0 Å². The maximum atomic E-state index is 11.2. The molecule has 0 aliphatic rings. The number of aromatic nitrogens is 1. The number of hydrogen-bond acceptors (Lipinski definition) is 4. The summed E-state index contributed by atoms with van der Waals surface area (Å²) in [5.41, 5.74) is 6.64. The van der Waals surface area contributed by atoms with Crippen molar-refractivity contribution in [3.63, 3.8) is 0 Å². The van der Waals surface area contributed by atoms with Crippen LogP contribution < -0.4 is 5.73 Å². The molecule has 98 valence electrons. The molecule has 2 N–H and O–H groups in total. The van der Waals surface area contributed by atoms with Gasteiger partial charge in [0.05, 0.1) is 4.92 Å². The van der Waals surface area contributed by atoms with Gasteiger partial charge in [0.15, 0.2) is 5.69 Å². The average molecular weight is 265 g/mol. The number of benzene rings is 2. The van der Waals surface area contributed by atoms with Gasteiger partial charge in [-0.05, 0) is 16.8 Å². The molecule has 0 fully saturated rings. The lowest BCUT2D eigenvalue weighted by atomic mass is 10.0. The predicted octanol–water partition coefficient (Wildman–Crippen LogP) is 3.39. The summed E-state index contributed by atoms with van der Waals surface area (Å²) in [5, 5.41) is 13.1. The van der Waals surface area contributed by atoms with E-state index in [0.29, 0.717) is 11.3 Å². The molecule has 0 saturated heterocycles. The summed E-state index contributed by atoms with van der Waals surface area (Å²) in [6.45, 7) is 0. The third-order valence-electron chi connectivity index (χ3n) is 3.14. The number of nitrogen functional groups attached to an aromatic ring is 1. The van der Waals surface area contributed by atoms with Gasteiger partial charge in [0.25, 0.3) is 5.69 Å². The van der Waals surface area contributed by atoms with Crippen molar-refractivity contribution in [2.75, 3.05) is 5.73 Å². The first-order valence-corrected chi connectivity index (χ1v) is 6.06. The fourth-order valence-corrected chi connectivity index (χ4v) is 2.24. The van der Waals surface area contributed by atoms with Gasteiger partial charge < -0.3 is 5.73 Å². The SMILES string of the molecule is Nc1ccc([N+](=O)[O-])c(-c2cccc3ccccc23)n1. The van der Waals surface area contributed by atoms with Crippen molar-refractivity contribution >= 4 is 22.3 Å². The molecule has 0 bridgehead atoms. The van der Waals surface area contributed by atoms with Gasteiger partial charge in [-0.2, -0.15) is 0 Å². The number of hydrogen-bond donors (Lipinski definition) is 1. The zero-order valence-electron chi connectivity index (χ0n) is 10.5. The Balaban J connectivity index is 2.36. The zero-order valence-corrected chi connectivity index (χ0v) is 10.5. The first kappa shape index (κ1) is 12.1. The van der Waals surface area contributed by atoms with Crippen molar-refractivity contribution in [3.05, 3.63) is 64.7 Å². The number of rotatable bonds is 2. The summed E-state index contributed by atoms with van der Waals surface area (Å²) in [6.07, 6.45) is 0. The summed E-state index contributed by atoms with van der Waals surface area (Å²) >= 11 is 0. The Kier molecular flexibility index (Phi) is 2.80. The van der Waals surface area contributed by atoms with Gasteiger partial charge >= 0.3 is 0 Å². The van der Waals surface area contributed by atoms with Gasteiger partial charge in [0, 0.05) is 11.6 Å². The van der Waals surface area contributed by atoms with Crippen LogP contribution in [0.4, 0.5) is 11.5 Å². The Bertz CT molecular complexity index is 810. The predicted molar refractivity (Wildman–Crippen MR) is 78.2 cm³/mol. The first-order valence-electron chi connectivity index (χ1n) is 6.06. The van der Waals surface area contributed by atoms with Crippen molar-refractivity contribution in [2.45, 2.75) is 0 Å². The van der Waals surface area contributed by atoms with E-state index < -0.39 is 4.92 Å². The van der Waals surface area contributed by atoms with E-state index in [-0.39, 0.29) is 11.5 Å². The van der Waals surface area contributed by atoms with E-state index in [4.69, 9.17) is 5.73 Å². The number of fused-ring (bicyclic) bond motifs is 1. The van der Waals surface area contributed by atoms with Crippen LogP contribution >= 0.6 is 0 Å². The number of anilines is 1. The quantitative estimate of drug-likeness (QED) is 0.568. The number of nitrogens with zero attached hydrogens (tertiary/aromatic N) is 2. The second-order valence-corrected chi connectivity index (χ2v) is 4.39. The highest BCUT2D eigenvalue weighted by atomic mass is 16.6. The fraction of sp³-hybridized carbons (Fsp3) is 0. The molecule has 5 nitrogen and oxygen atoms in total. The van der Waals surface area contributed by atoms with Crippen LogP contribution in [-0.2, 0) is 0 Å². The smallest absolute Gasteiger partial charge is 0.295 e. The van der Waals surface area contributed by atoms with Crippen LogP contribution in [0.25, 0.3) is 22.0 Å². The molecular formula is C15H11N3O2. The van der Waals surface area contributed by atoms with E-state index >= 15 is 0 Å². The number of nitrogens with two attached hydrogens (primary N) is 1. The lowest BCUT2D eigenvalue weighted by Crippen LogP contribution is -1.98. The summed E-state index contributed by atoms with van der Waals surface area (Å²) in [5.74, 6) is 0.263. The minimum Gasteiger partial charge on any atom is -0.384 e. The Morgan fingerprint density at radius 3 is 2.55 bits per heavy atom. The zero-order chi connectivity index (χ0) is 14.1. The van der Waals surface area contributed by atoms with Gasteiger partial charge in [-0.1, -0.05) is 42.5 Å². The molecule has 3 rings (SSSR count). The molecule has 0 aliphatic carbocycles. The minimum atomic E-state index is -0.441. The van der Waals surface area contributed by atoms with Crippen LogP contribution in [0.2, 0.25) is 0 Å². The molecule has 0 atom stereocenters. The molecule has 0 unspecified atom stereocenters.